The van der Waals surface area contributed by atoms with Crippen LogP contribution >= 0.6 is 0 Å². The van der Waals surface area contributed by atoms with E-state index in [4.69, 9.17) is 9.47 Å². The summed E-state index contributed by atoms with van der Waals surface area (Å²) < 4.78 is 10.5. The SMILES string of the molecule is CCCCc1ccc(C#Cc2ccc(OCCOC)cc2)cc1. The molecule has 0 bridgehead atoms. The number of hydrogen-bond acceptors (Lipinski definition) is 2. The smallest absolute Gasteiger partial charge is 0.119 e. The van der Waals surface area contributed by atoms with Crippen LogP contribution in [0.25, 0.3) is 0 Å². The number of unbranched alkanes of at least 4 members (excludes halogenated alkanes) is 1. The predicted molar refractivity (Wildman–Crippen MR) is 94.8 cm³/mol. The molecule has 0 aromatic heterocycles. The fraction of sp³-hybridized carbons (Fsp3) is 0.333. The molecule has 2 heteroatoms. The van der Waals surface area contributed by atoms with E-state index in [0.29, 0.717) is 13.2 Å². The second kappa shape index (κ2) is 9.71. The minimum absolute atomic E-state index is 0.561. The van der Waals surface area contributed by atoms with Gasteiger partial charge in [-0.25, -0.2) is 0 Å². The average molecular weight is 308 g/mol. The number of methoxy groups -OCH3 is 1. The molecule has 0 atom stereocenters. The van der Waals surface area contributed by atoms with E-state index in [1.54, 1.807) is 7.11 Å². The van der Waals surface area contributed by atoms with Crippen molar-refractivity contribution in [3.05, 3.63) is 65.2 Å². The molecule has 0 saturated carbocycles. The van der Waals surface area contributed by atoms with Crippen LogP contribution in [0.15, 0.2) is 48.5 Å². The summed E-state index contributed by atoms with van der Waals surface area (Å²) in [7, 11) is 1.67. The Kier molecular flexibility index (Phi) is 7.23. The Hall–Kier alpha value is -2.24. The minimum Gasteiger partial charge on any atom is -0.491 e. The molecule has 2 aromatic carbocycles. The summed E-state index contributed by atoms with van der Waals surface area (Å²) in [4.78, 5) is 0. The Balaban J connectivity index is 1.93. The summed E-state index contributed by atoms with van der Waals surface area (Å²) in [6.45, 7) is 3.37. The highest BCUT2D eigenvalue weighted by Crippen LogP contribution is 2.12. The Bertz CT molecular complexity index is 630. The molecule has 23 heavy (non-hydrogen) atoms. The quantitative estimate of drug-likeness (QED) is 0.555. The van der Waals surface area contributed by atoms with Crippen molar-refractivity contribution in [1.29, 1.82) is 0 Å². The standard InChI is InChI=1S/C21H24O2/c1-3-4-5-18-6-8-19(9-7-18)10-11-20-12-14-21(15-13-20)23-17-16-22-2/h6-9,12-15H,3-5,16-17H2,1-2H3. The molecule has 0 aliphatic rings. The van der Waals surface area contributed by atoms with Crippen LogP contribution in [0.1, 0.15) is 36.5 Å². The van der Waals surface area contributed by atoms with Crippen molar-refractivity contribution in [2.75, 3.05) is 20.3 Å². The van der Waals surface area contributed by atoms with Gasteiger partial charge in [0.2, 0.25) is 0 Å². The van der Waals surface area contributed by atoms with Crippen LogP contribution in [0.4, 0.5) is 0 Å². The van der Waals surface area contributed by atoms with Gasteiger partial charge in [-0.3, -0.25) is 0 Å². The molecule has 0 spiro atoms. The third-order valence-electron chi connectivity index (χ3n) is 3.53. The molecule has 0 amide bonds. The van der Waals surface area contributed by atoms with Gasteiger partial charge in [-0.2, -0.15) is 0 Å². The Morgan fingerprint density at radius 1 is 0.826 bits per heavy atom. The molecule has 2 nitrogen and oxygen atoms in total. The van der Waals surface area contributed by atoms with Gasteiger partial charge in [-0.05, 0) is 54.8 Å². The fourth-order valence-corrected chi connectivity index (χ4v) is 2.16. The molecular weight excluding hydrogens is 284 g/mol. The Labute approximate surface area is 139 Å². The van der Waals surface area contributed by atoms with Gasteiger partial charge in [-0.1, -0.05) is 37.3 Å². The van der Waals surface area contributed by atoms with E-state index in [1.165, 1.54) is 18.4 Å². The second-order valence-electron chi connectivity index (χ2n) is 5.42. The second-order valence-corrected chi connectivity index (χ2v) is 5.42. The molecular formula is C21H24O2. The number of hydrogen-bond donors (Lipinski definition) is 0. The van der Waals surface area contributed by atoms with E-state index in [-0.39, 0.29) is 0 Å². The highest BCUT2D eigenvalue weighted by molar-refractivity contribution is 5.44. The molecule has 2 aromatic rings. The number of ether oxygens (including phenoxy) is 2. The topological polar surface area (TPSA) is 18.5 Å². The summed E-state index contributed by atoms with van der Waals surface area (Å²) in [5, 5.41) is 0. The van der Waals surface area contributed by atoms with Gasteiger partial charge in [0.15, 0.2) is 0 Å². The van der Waals surface area contributed by atoms with Crippen LogP contribution < -0.4 is 4.74 Å². The van der Waals surface area contributed by atoms with Crippen LogP contribution in [0, 0.1) is 11.8 Å². The third-order valence-corrected chi connectivity index (χ3v) is 3.53. The maximum absolute atomic E-state index is 5.54. The molecule has 0 N–H and O–H groups in total. The number of benzene rings is 2. The summed E-state index contributed by atoms with van der Waals surface area (Å²) in [6.07, 6.45) is 3.62. The van der Waals surface area contributed by atoms with Crippen molar-refractivity contribution < 1.29 is 9.47 Å². The van der Waals surface area contributed by atoms with E-state index >= 15 is 0 Å². The first-order valence-electron chi connectivity index (χ1n) is 8.14. The van der Waals surface area contributed by atoms with E-state index in [9.17, 15) is 0 Å². The summed E-state index contributed by atoms with van der Waals surface area (Å²) >= 11 is 0. The van der Waals surface area contributed by atoms with E-state index in [1.807, 2.05) is 24.3 Å². The van der Waals surface area contributed by atoms with Gasteiger partial charge in [0.05, 0.1) is 6.61 Å². The van der Waals surface area contributed by atoms with Crippen molar-refractivity contribution >= 4 is 0 Å². The summed E-state index contributed by atoms with van der Waals surface area (Å²) in [6, 6.07) is 16.4. The highest BCUT2D eigenvalue weighted by atomic mass is 16.5. The van der Waals surface area contributed by atoms with Crippen molar-refractivity contribution in [3.63, 3.8) is 0 Å². The van der Waals surface area contributed by atoms with Crippen molar-refractivity contribution in [2.45, 2.75) is 26.2 Å². The van der Waals surface area contributed by atoms with Crippen LogP contribution in [-0.2, 0) is 11.2 Å². The summed E-state index contributed by atoms with van der Waals surface area (Å²) in [5.41, 5.74) is 3.42. The molecule has 0 aliphatic carbocycles. The zero-order chi connectivity index (χ0) is 16.3. The molecule has 0 unspecified atom stereocenters. The lowest BCUT2D eigenvalue weighted by molar-refractivity contribution is 0.146. The number of rotatable bonds is 7. The van der Waals surface area contributed by atoms with Crippen LogP contribution in [0.3, 0.4) is 0 Å². The largest absolute Gasteiger partial charge is 0.491 e. The number of aryl methyl sites for hydroxylation is 1. The van der Waals surface area contributed by atoms with Gasteiger partial charge >= 0.3 is 0 Å². The van der Waals surface area contributed by atoms with Gasteiger partial charge in [0.1, 0.15) is 12.4 Å². The first-order chi connectivity index (χ1) is 11.3. The zero-order valence-corrected chi connectivity index (χ0v) is 14.0. The van der Waals surface area contributed by atoms with Crippen LogP contribution in [0.5, 0.6) is 5.75 Å². The van der Waals surface area contributed by atoms with E-state index < -0.39 is 0 Å². The van der Waals surface area contributed by atoms with Gasteiger partial charge in [0.25, 0.3) is 0 Å². The molecule has 2 rings (SSSR count). The molecule has 0 fully saturated rings. The van der Waals surface area contributed by atoms with E-state index in [2.05, 4.69) is 43.0 Å². The van der Waals surface area contributed by atoms with Gasteiger partial charge in [0, 0.05) is 18.2 Å². The van der Waals surface area contributed by atoms with Crippen molar-refractivity contribution in [3.8, 4) is 17.6 Å². The molecule has 0 saturated heterocycles. The Morgan fingerprint density at radius 2 is 1.43 bits per heavy atom. The Morgan fingerprint density at radius 3 is 2.00 bits per heavy atom. The normalized spacial score (nSPS) is 10.0. The lowest BCUT2D eigenvalue weighted by Crippen LogP contribution is -2.03. The van der Waals surface area contributed by atoms with Gasteiger partial charge in [-0.15, -0.1) is 0 Å². The molecule has 0 aliphatic heterocycles. The molecule has 0 radical (unpaired) electrons. The summed E-state index contributed by atoms with van der Waals surface area (Å²) in [5.74, 6) is 7.23. The monoisotopic (exact) mass is 308 g/mol. The maximum Gasteiger partial charge on any atom is 0.119 e. The predicted octanol–water partition coefficient (Wildman–Crippen LogP) is 4.45. The van der Waals surface area contributed by atoms with E-state index in [0.717, 1.165) is 23.3 Å². The van der Waals surface area contributed by atoms with Crippen LogP contribution in [0.2, 0.25) is 0 Å². The highest BCUT2D eigenvalue weighted by Gasteiger charge is 1.95. The molecule has 0 heterocycles. The van der Waals surface area contributed by atoms with Crippen molar-refractivity contribution in [2.24, 2.45) is 0 Å². The third kappa shape index (κ3) is 6.18. The molecule has 120 valence electrons. The lowest BCUT2D eigenvalue weighted by atomic mass is 10.1. The van der Waals surface area contributed by atoms with Crippen molar-refractivity contribution in [1.82, 2.24) is 0 Å². The van der Waals surface area contributed by atoms with Crippen LogP contribution in [-0.4, -0.2) is 20.3 Å². The minimum atomic E-state index is 0.561. The fourth-order valence-electron chi connectivity index (χ4n) is 2.16. The van der Waals surface area contributed by atoms with Gasteiger partial charge < -0.3 is 9.47 Å². The lowest BCUT2D eigenvalue weighted by Gasteiger charge is -2.04. The zero-order valence-electron chi connectivity index (χ0n) is 14.0. The first kappa shape index (κ1) is 17.1. The first-order valence-corrected chi connectivity index (χ1v) is 8.14. The average Bonchev–Trinajstić information content (AvgIpc) is 2.60. The maximum atomic E-state index is 5.54.